The van der Waals surface area contributed by atoms with E-state index >= 15 is 0 Å². The normalized spacial score (nSPS) is 18.0. The Morgan fingerprint density at radius 1 is 1.07 bits per heavy atom. The lowest BCUT2D eigenvalue weighted by molar-refractivity contribution is 0.0904. The van der Waals surface area contributed by atoms with Crippen LogP contribution in [0.1, 0.15) is 37.1 Å². The summed E-state index contributed by atoms with van der Waals surface area (Å²) in [7, 11) is 0. The molecular weight excluding hydrogens is 342 g/mol. The molecule has 1 N–H and O–H groups in total. The van der Waals surface area contributed by atoms with Crippen molar-refractivity contribution in [2.24, 2.45) is 0 Å². The zero-order valence-electron chi connectivity index (χ0n) is 15.7. The van der Waals surface area contributed by atoms with Gasteiger partial charge in [0.2, 0.25) is 5.88 Å². The summed E-state index contributed by atoms with van der Waals surface area (Å²) in [5.74, 6) is 2.32. The Morgan fingerprint density at radius 2 is 1.93 bits per heavy atom. The highest BCUT2D eigenvalue weighted by atomic mass is 16.6. The molecule has 1 atom stereocenters. The van der Waals surface area contributed by atoms with Gasteiger partial charge in [0.05, 0.1) is 24.2 Å². The number of hydrogen-bond acceptors (Lipinski definition) is 6. The first kappa shape index (κ1) is 18.0. The molecule has 6 nitrogen and oxygen atoms in total. The van der Waals surface area contributed by atoms with Gasteiger partial charge in [0.15, 0.2) is 11.5 Å². The first-order chi connectivity index (χ1) is 13.4. The van der Waals surface area contributed by atoms with Crippen LogP contribution in [-0.4, -0.2) is 42.4 Å². The summed E-state index contributed by atoms with van der Waals surface area (Å²) in [5, 5.41) is 3.44. The number of nitrogens with one attached hydrogen (secondary N) is 1. The quantitative estimate of drug-likeness (QED) is 0.722. The fourth-order valence-corrected chi connectivity index (χ4v) is 3.45. The molecule has 1 aliphatic heterocycles. The van der Waals surface area contributed by atoms with E-state index in [-0.39, 0.29) is 6.10 Å². The lowest BCUT2D eigenvalue weighted by Gasteiger charge is -2.26. The third-order valence-electron chi connectivity index (χ3n) is 4.92. The number of nitrogens with zero attached hydrogens (tertiary/aromatic N) is 2. The summed E-state index contributed by atoms with van der Waals surface area (Å²) in [6.07, 6.45) is 8.36. The number of hydrogen-bond donors (Lipinski definition) is 1. The minimum Gasteiger partial charge on any atom is -0.486 e. The van der Waals surface area contributed by atoms with Crippen LogP contribution in [0.2, 0.25) is 0 Å². The topological polar surface area (TPSA) is 65.5 Å². The second-order valence-corrected chi connectivity index (χ2v) is 7.07. The van der Waals surface area contributed by atoms with Crippen LogP contribution >= 0.6 is 0 Å². The van der Waals surface area contributed by atoms with Crippen molar-refractivity contribution in [3.05, 3.63) is 41.9 Å². The molecule has 0 spiro atoms. The van der Waals surface area contributed by atoms with Crippen molar-refractivity contribution in [2.45, 2.75) is 44.6 Å². The lowest BCUT2D eigenvalue weighted by Crippen LogP contribution is -2.38. The standard InChI is InChI=1S/C21H27N3O3/c1-2-8-18-17(7-1)23-14-21(24-18)25-12-6-5-11-22-13-16-15-26-19-9-3-4-10-20(19)27-16/h3-4,9-10,14,16,22H,1-2,5-8,11-13,15H2. The molecule has 2 aliphatic rings. The molecule has 144 valence electrons. The Balaban J connectivity index is 1.09. The summed E-state index contributed by atoms with van der Waals surface area (Å²) in [4.78, 5) is 9.09. The molecule has 0 radical (unpaired) electrons. The van der Waals surface area contributed by atoms with E-state index in [1.54, 1.807) is 6.20 Å². The number of aryl methyl sites for hydroxylation is 2. The van der Waals surface area contributed by atoms with Gasteiger partial charge in [0, 0.05) is 6.54 Å². The van der Waals surface area contributed by atoms with Crippen molar-refractivity contribution in [3.63, 3.8) is 0 Å². The molecule has 0 amide bonds. The zero-order valence-corrected chi connectivity index (χ0v) is 15.7. The Morgan fingerprint density at radius 3 is 2.85 bits per heavy atom. The molecule has 2 aromatic rings. The van der Waals surface area contributed by atoms with Crippen molar-refractivity contribution < 1.29 is 14.2 Å². The van der Waals surface area contributed by atoms with E-state index in [1.807, 2.05) is 24.3 Å². The summed E-state index contributed by atoms with van der Waals surface area (Å²) >= 11 is 0. The summed E-state index contributed by atoms with van der Waals surface area (Å²) < 4.78 is 17.4. The lowest BCUT2D eigenvalue weighted by atomic mass is 10.0. The maximum atomic E-state index is 5.94. The van der Waals surface area contributed by atoms with Crippen molar-refractivity contribution >= 4 is 0 Å². The Hall–Kier alpha value is -2.34. The number of benzene rings is 1. The maximum absolute atomic E-state index is 5.94. The molecule has 4 rings (SSSR count). The van der Waals surface area contributed by atoms with Crippen LogP contribution < -0.4 is 19.5 Å². The third-order valence-corrected chi connectivity index (χ3v) is 4.92. The van der Waals surface area contributed by atoms with Gasteiger partial charge in [0.25, 0.3) is 0 Å². The smallest absolute Gasteiger partial charge is 0.232 e. The van der Waals surface area contributed by atoms with Crippen molar-refractivity contribution in [2.75, 3.05) is 26.3 Å². The Labute approximate surface area is 160 Å². The van der Waals surface area contributed by atoms with E-state index in [2.05, 4.69) is 15.3 Å². The van der Waals surface area contributed by atoms with Gasteiger partial charge in [-0.25, -0.2) is 4.98 Å². The predicted molar refractivity (Wildman–Crippen MR) is 103 cm³/mol. The summed E-state index contributed by atoms with van der Waals surface area (Å²) in [6.45, 7) is 2.97. The third kappa shape index (κ3) is 4.89. The fraction of sp³-hybridized carbons (Fsp3) is 0.524. The predicted octanol–water partition coefficient (Wildman–Crippen LogP) is 2.94. The SMILES string of the molecule is c1ccc2c(c1)OCC(CNCCCCOc1cnc3c(n1)CCCC3)O2. The van der Waals surface area contributed by atoms with Gasteiger partial charge in [0.1, 0.15) is 12.7 Å². The molecule has 1 aromatic heterocycles. The van der Waals surface area contributed by atoms with Gasteiger partial charge in [-0.05, 0) is 57.2 Å². The number of unbranched alkanes of at least 4 members (excludes halogenated alkanes) is 1. The average Bonchev–Trinajstić information content (AvgIpc) is 2.73. The number of fused-ring (bicyclic) bond motifs is 2. The average molecular weight is 369 g/mol. The van der Waals surface area contributed by atoms with Gasteiger partial charge in [-0.2, -0.15) is 0 Å². The molecule has 0 fully saturated rings. The van der Waals surface area contributed by atoms with Gasteiger partial charge >= 0.3 is 0 Å². The second-order valence-electron chi connectivity index (χ2n) is 7.07. The largest absolute Gasteiger partial charge is 0.486 e. The number of para-hydroxylation sites is 2. The summed E-state index contributed by atoms with van der Waals surface area (Å²) in [5.41, 5.74) is 2.27. The highest BCUT2D eigenvalue weighted by Crippen LogP contribution is 2.30. The minimum absolute atomic E-state index is 0.0573. The molecule has 27 heavy (non-hydrogen) atoms. The zero-order chi connectivity index (χ0) is 18.3. The van der Waals surface area contributed by atoms with E-state index < -0.39 is 0 Å². The van der Waals surface area contributed by atoms with Crippen molar-refractivity contribution in [1.29, 1.82) is 0 Å². The monoisotopic (exact) mass is 369 g/mol. The van der Waals surface area contributed by atoms with Gasteiger partial charge in [-0.15, -0.1) is 0 Å². The molecule has 0 saturated carbocycles. The first-order valence-corrected chi connectivity index (χ1v) is 9.95. The van der Waals surface area contributed by atoms with Gasteiger partial charge in [-0.3, -0.25) is 4.98 Å². The van der Waals surface area contributed by atoms with E-state index in [0.717, 1.165) is 61.7 Å². The van der Waals surface area contributed by atoms with Crippen LogP contribution in [0.4, 0.5) is 0 Å². The second kappa shape index (κ2) is 9.04. The van der Waals surface area contributed by atoms with Crippen LogP contribution in [0.25, 0.3) is 0 Å². The minimum atomic E-state index is 0.0573. The maximum Gasteiger partial charge on any atom is 0.232 e. The van der Waals surface area contributed by atoms with Crippen LogP contribution in [-0.2, 0) is 12.8 Å². The van der Waals surface area contributed by atoms with Crippen molar-refractivity contribution in [1.82, 2.24) is 15.3 Å². The Bertz CT molecular complexity index is 753. The van der Waals surface area contributed by atoms with Crippen LogP contribution in [0.3, 0.4) is 0 Å². The van der Waals surface area contributed by atoms with Crippen molar-refractivity contribution in [3.8, 4) is 17.4 Å². The highest BCUT2D eigenvalue weighted by molar-refractivity contribution is 5.40. The molecule has 6 heteroatoms. The van der Waals surface area contributed by atoms with E-state index in [9.17, 15) is 0 Å². The molecule has 1 aliphatic carbocycles. The van der Waals surface area contributed by atoms with E-state index in [4.69, 9.17) is 14.2 Å². The highest BCUT2D eigenvalue weighted by Gasteiger charge is 2.19. The van der Waals surface area contributed by atoms with E-state index in [1.165, 1.54) is 12.8 Å². The van der Waals surface area contributed by atoms with Crippen LogP contribution in [0.5, 0.6) is 17.4 Å². The molecular formula is C21H27N3O3. The Kier molecular flexibility index (Phi) is 6.04. The van der Waals surface area contributed by atoms with Gasteiger partial charge < -0.3 is 19.5 Å². The van der Waals surface area contributed by atoms with Crippen LogP contribution in [0, 0.1) is 0 Å². The number of aromatic nitrogens is 2. The first-order valence-electron chi connectivity index (χ1n) is 9.95. The van der Waals surface area contributed by atoms with Gasteiger partial charge in [-0.1, -0.05) is 12.1 Å². The summed E-state index contributed by atoms with van der Waals surface area (Å²) in [6, 6.07) is 7.80. The molecule has 2 heterocycles. The molecule has 0 saturated heterocycles. The molecule has 0 bridgehead atoms. The number of rotatable bonds is 8. The fourth-order valence-electron chi connectivity index (χ4n) is 3.45. The van der Waals surface area contributed by atoms with E-state index in [0.29, 0.717) is 19.1 Å². The molecule has 1 aromatic carbocycles. The number of ether oxygens (including phenoxy) is 3. The molecule has 1 unspecified atom stereocenters. The van der Waals surface area contributed by atoms with Crippen LogP contribution in [0.15, 0.2) is 30.5 Å².